The normalized spacial score (nSPS) is 12.4. The van der Waals surface area contributed by atoms with E-state index in [1.54, 1.807) is 11.3 Å². The summed E-state index contributed by atoms with van der Waals surface area (Å²) in [6.07, 6.45) is 1.68. The van der Waals surface area contributed by atoms with E-state index in [-0.39, 0.29) is 12.1 Å². The van der Waals surface area contributed by atoms with Gasteiger partial charge in [-0.05, 0) is 17.9 Å². The van der Waals surface area contributed by atoms with Crippen molar-refractivity contribution >= 4 is 17.4 Å². The van der Waals surface area contributed by atoms with Gasteiger partial charge in [0.15, 0.2) is 0 Å². The van der Waals surface area contributed by atoms with Crippen LogP contribution in [0.3, 0.4) is 0 Å². The first-order chi connectivity index (χ1) is 12.0. The highest BCUT2D eigenvalue weighted by atomic mass is 32.1. The molecule has 136 valence electrons. The Labute approximate surface area is 155 Å². The van der Waals surface area contributed by atoms with Crippen LogP contribution in [0.2, 0.25) is 0 Å². The minimum absolute atomic E-state index is 0.0352. The second-order valence-corrected chi connectivity index (χ2v) is 7.96. The molecule has 25 heavy (non-hydrogen) atoms. The number of amides is 2. The molecule has 0 saturated carbocycles. The fourth-order valence-electron chi connectivity index (χ4n) is 2.65. The SMILES string of the molecule is CC(C)CC(NC(=O)NCCc1csc(C(C)C)n1)c1ccccc1. The highest BCUT2D eigenvalue weighted by Crippen LogP contribution is 2.21. The third-order valence-corrected chi connectivity index (χ3v) is 5.14. The van der Waals surface area contributed by atoms with Crippen LogP contribution in [0, 0.1) is 5.92 Å². The zero-order chi connectivity index (χ0) is 18.2. The van der Waals surface area contributed by atoms with Crippen molar-refractivity contribution in [2.45, 2.75) is 52.5 Å². The topological polar surface area (TPSA) is 54.0 Å². The maximum atomic E-state index is 12.3. The number of hydrogen-bond acceptors (Lipinski definition) is 3. The van der Waals surface area contributed by atoms with Gasteiger partial charge in [-0.3, -0.25) is 0 Å². The maximum Gasteiger partial charge on any atom is 0.315 e. The molecular formula is C20H29N3OS. The van der Waals surface area contributed by atoms with E-state index < -0.39 is 0 Å². The molecule has 0 aliphatic carbocycles. The molecule has 0 radical (unpaired) electrons. The van der Waals surface area contributed by atoms with Gasteiger partial charge >= 0.3 is 6.03 Å². The van der Waals surface area contributed by atoms with Crippen molar-refractivity contribution in [2.75, 3.05) is 6.54 Å². The molecule has 0 fully saturated rings. The van der Waals surface area contributed by atoms with Crippen LogP contribution in [0.4, 0.5) is 4.79 Å². The molecule has 0 saturated heterocycles. The summed E-state index contributed by atoms with van der Waals surface area (Å²) in [4.78, 5) is 16.9. The van der Waals surface area contributed by atoms with Crippen LogP contribution in [0.15, 0.2) is 35.7 Å². The molecule has 4 nitrogen and oxygen atoms in total. The van der Waals surface area contributed by atoms with E-state index in [0.29, 0.717) is 18.4 Å². The number of urea groups is 1. The van der Waals surface area contributed by atoms with Crippen molar-refractivity contribution < 1.29 is 4.79 Å². The average molecular weight is 360 g/mol. The van der Waals surface area contributed by atoms with E-state index in [2.05, 4.69) is 60.8 Å². The Morgan fingerprint density at radius 2 is 1.88 bits per heavy atom. The van der Waals surface area contributed by atoms with Crippen molar-refractivity contribution in [1.29, 1.82) is 0 Å². The van der Waals surface area contributed by atoms with Gasteiger partial charge in [0.25, 0.3) is 0 Å². The Morgan fingerprint density at radius 3 is 2.48 bits per heavy atom. The molecule has 2 amide bonds. The molecule has 0 bridgehead atoms. The molecule has 0 spiro atoms. The van der Waals surface area contributed by atoms with Crippen LogP contribution in [0.5, 0.6) is 0 Å². The molecule has 1 atom stereocenters. The minimum atomic E-state index is -0.117. The highest BCUT2D eigenvalue weighted by Gasteiger charge is 2.15. The number of benzene rings is 1. The van der Waals surface area contributed by atoms with Crippen LogP contribution in [-0.4, -0.2) is 17.6 Å². The van der Waals surface area contributed by atoms with Crippen molar-refractivity contribution in [3.05, 3.63) is 52.0 Å². The lowest BCUT2D eigenvalue weighted by Crippen LogP contribution is -2.39. The highest BCUT2D eigenvalue weighted by molar-refractivity contribution is 7.09. The monoisotopic (exact) mass is 359 g/mol. The first-order valence-corrected chi connectivity index (χ1v) is 9.87. The number of nitrogens with zero attached hydrogens (tertiary/aromatic N) is 1. The lowest BCUT2D eigenvalue weighted by Gasteiger charge is -2.21. The Hall–Kier alpha value is -1.88. The zero-order valence-corrected chi connectivity index (χ0v) is 16.4. The number of hydrogen-bond donors (Lipinski definition) is 2. The van der Waals surface area contributed by atoms with Gasteiger partial charge in [0.05, 0.1) is 16.7 Å². The average Bonchev–Trinajstić information content (AvgIpc) is 3.04. The molecule has 1 aromatic carbocycles. The van der Waals surface area contributed by atoms with Crippen LogP contribution in [0.1, 0.15) is 62.3 Å². The summed E-state index contributed by atoms with van der Waals surface area (Å²) >= 11 is 1.69. The van der Waals surface area contributed by atoms with Crippen molar-refractivity contribution in [3.8, 4) is 0 Å². The van der Waals surface area contributed by atoms with Gasteiger partial charge in [0.2, 0.25) is 0 Å². The predicted molar refractivity (Wildman–Crippen MR) is 105 cm³/mol. The Kier molecular flexibility index (Phi) is 7.44. The standard InChI is InChI=1S/C20H29N3OS/c1-14(2)12-18(16-8-6-5-7-9-16)23-20(24)21-11-10-17-13-25-19(22-17)15(3)4/h5-9,13-15,18H,10-12H2,1-4H3,(H2,21,23,24). The van der Waals surface area contributed by atoms with Crippen LogP contribution >= 0.6 is 11.3 Å². The molecule has 5 heteroatoms. The number of aromatic nitrogens is 1. The number of rotatable bonds is 8. The molecule has 1 aromatic heterocycles. The third kappa shape index (κ3) is 6.50. The van der Waals surface area contributed by atoms with Gasteiger partial charge in [-0.2, -0.15) is 0 Å². The van der Waals surface area contributed by atoms with Gasteiger partial charge in [0.1, 0.15) is 0 Å². The van der Waals surface area contributed by atoms with E-state index >= 15 is 0 Å². The third-order valence-electron chi connectivity index (χ3n) is 3.94. The van der Waals surface area contributed by atoms with Gasteiger partial charge in [-0.25, -0.2) is 9.78 Å². The number of thiazole rings is 1. The molecule has 2 N–H and O–H groups in total. The summed E-state index contributed by atoms with van der Waals surface area (Å²) in [6, 6.07) is 10.1. The Balaban J connectivity index is 1.84. The fraction of sp³-hybridized carbons (Fsp3) is 0.500. The minimum Gasteiger partial charge on any atom is -0.338 e. The van der Waals surface area contributed by atoms with Crippen molar-refractivity contribution in [2.24, 2.45) is 5.92 Å². The lowest BCUT2D eigenvalue weighted by molar-refractivity contribution is 0.235. The quantitative estimate of drug-likeness (QED) is 0.704. The number of carbonyl (C=O) groups excluding carboxylic acids is 1. The number of carbonyl (C=O) groups is 1. The molecule has 2 rings (SSSR count). The molecule has 0 aliphatic heterocycles. The molecule has 1 heterocycles. The summed E-state index contributed by atoms with van der Waals surface area (Å²) in [7, 11) is 0. The maximum absolute atomic E-state index is 12.3. The van der Waals surface area contributed by atoms with E-state index in [0.717, 1.165) is 29.1 Å². The predicted octanol–water partition coefficient (Wildman–Crippen LogP) is 4.90. The zero-order valence-electron chi connectivity index (χ0n) is 15.6. The molecular weight excluding hydrogens is 330 g/mol. The van der Waals surface area contributed by atoms with Gasteiger partial charge in [0, 0.05) is 24.3 Å². The van der Waals surface area contributed by atoms with Gasteiger partial charge in [-0.15, -0.1) is 11.3 Å². The molecule has 2 aromatic rings. The van der Waals surface area contributed by atoms with Crippen LogP contribution in [-0.2, 0) is 6.42 Å². The summed E-state index contributed by atoms with van der Waals surface area (Å²) in [5.41, 5.74) is 2.20. The molecule has 1 unspecified atom stereocenters. The van der Waals surface area contributed by atoms with Crippen LogP contribution < -0.4 is 10.6 Å². The van der Waals surface area contributed by atoms with Gasteiger partial charge < -0.3 is 10.6 Å². The summed E-state index contributed by atoms with van der Waals surface area (Å²) in [5, 5.41) is 9.30. The molecule has 0 aliphatic rings. The van der Waals surface area contributed by atoms with Crippen molar-refractivity contribution in [3.63, 3.8) is 0 Å². The van der Waals surface area contributed by atoms with E-state index in [1.807, 2.05) is 18.2 Å². The Bertz CT molecular complexity index is 652. The van der Waals surface area contributed by atoms with E-state index in [9.17, 15) is 4.79 Å². The second-order valence-electron chi connectivity index (χ2n) is 7.07. The smallest absolute Gasteiger partial charge is 0.315 e. The van der Waals surface area contributed by atoms with Gasteiger partial charge in [-0.1, -0.05) is 58.0 Å². The first kappa shape index (κ1) is 19.4. The summed E-state index contributed by atoms with van der Waals surface area (Å²) < 4.78 is 0. The largest absolute Gasteiger partial charge is 0.338 e. The fourth-order valence-corrected chi connectivity index (χ4v) is 3.52. The first-order valence-electron chi connectivity index (χ1n) is 8.99. The lowest BCUT2D eigenvalue weighted by atomic mass is 9.97. The van der Waals surface area contributed by atoms with E-state index in [1.165, 1.54) is 0 Å². The second kappa shape index (κ2) is 9.56. The van der Waals surface area contributed by atoms with E-state index in [4.69, 9.17) is 0 Å². The summed E-state index contributed by atoms with van der Waals surface area (Å²) in [5.74, 6) is 0.965. The summed E-state index contributed by atoms with van der Waals surface area (Å²) in [6.45, 7) is 9.23. The Morgan fingerprint density at radius 1 is 1.16 bits per heavy atom. The van der Waals surface area contributed by atoms with Crippen LogP contribution in [0.25, 0.3) is 0 Å². The van der Waals surface area contributed by atoms with Crippen molar-refractivity contribution in [1.82, 2.24) is 15.6 Å². The number of nitrogens with one attached hydrogen (secondary N) is 2.